The number of amides is 3. The topological polar surface area (TPSA) is 95.9 Å². The van der Waals surface area contributed by atoms with Crippen molar-refractivity contribution in [1.29, 1.82) is 0 Å². The molecule has 0 saturated carbocycles. The summed E-state index contributed by atoms with van der Waals surface area (Å²) in [6.45, 7) is 3.83. The highest BCUT2D eigenvalue weighted by molar-refractivity contribution is 6.03. The number of hydrogen-bond acceptors (Lipinski definition) is 4. The van der Waals surface area contributed by atoms with Crippen LogP contribution in [0.25, 0.3) is 0 Å². The highest BCUT2D eigenvalue weighted by atomic mass is 16.5. The van der Waals surface area contributed by atoms with Crippen molar-refractivity contribution >= 4 is 17.9 Å². The lowest BCUT2D eigenvalue weighted by Crippen LogP contribution is -2.73. The number of likely N-dealkylation sites (tertiary alicyclic amines) is 1. The van der Waals surface area contributed by atoms with Crippen molar-refractivity contribution in [2.75, 3.05) is 0 Å². The van der Waals surface area contributed by atoms with Crippen LogP contribution in [0.15, 0.2) is 84.9 Å². The Morgan fingerprint density at radius 1 is 0.917 bits per heavy atom. The van der Waals surface area contributed by atoms with Gasteiger partial charge in [0.2, 0.25) is 5.91 Å². The molecule has 0 bridgehead atoms. The summed E-state index contributed by atoms with van der Waals surface area (Å²) in [6, 6.07) is 24.9. The van der Waals surface area contributed by atoms with Crippen LogP contribution in [0, 0.1) is 5.41 Å². The molecule has 3 amide bonds. The van der Waals surface area contributed by atoms with Crippen molar-refractivity contribution in [2.45, 2.75) is 45.4 Å². The molecule has 186 valence electrons. The Labute approximate surface area is 210 Å². The number of carbonyl (C=O) groups is 3. The van der Waals surface area contributed by atoms with E-state index in [1.807, 2.05) is 74.5 Å². The third-order valence-corrected chi connectivity index (χ3v) is 6.89. The quantitative estimate of drug-likeness (QED) is 0.407. The molecule has 3 aromatic carbocycles. The summed E-state index contributed by atoms with van der Waals surface area (Å²) in [5.74, 6) is -0.718. The fourth-order valence-electron chi connectivity index (χ4n) is 4.73. The molecular formula is C29H30N2O5. The number of carboxylic acid groups (broad SMARTS) is 1. The summed E-state index contributed by atoms with van der Waals surface area (Å²) < 4.78 is 6.20. The third kappa shape index (κ3) is 4.82. The molecule has 0 spiro atoms. The van der Waals surface area contributed by atoms with Gasteiger partial charge in [0.25, 0.3) is 0 Å². The molecule has 1 fully saturated rings. The van der Waals surface area contributed by atoms with Crippen LogP contribution in [0.3, 0.4) is 0 Å². The van der Waals surface area contributed by atoms with Crippen molar-refractivity contribution in [2.24, 2.45) is 5.41 Å². The van der Waals surface area contributed by atoms with Crippen LogP contribution in [-0.4, -0.2) is 34.1 Å². The van der Waals surface area contributed by atoms with Crippen molar-refractivity contribution in [1.82, 2.24) is 10.2 Å². The molecule has 3 aromatic rings. The number of β-lactam (4-membered cyclic amide) rings is 1. The molecule has 1 heterocycles. The number of nitrogens with one attached hydrogen (secondary N) is 1. The van der Waals surface area contributed by atoms with Gasteiger partial charge in [-0.15, -0.1) is 0 Å². The molecule has 1 aliphatic rings. The first-order valence-electron chi connectivity index (χ1n) is 12.1. The molecule has 4 rings (SSSR count). The van der Waals surface area contributed by atoms with Crippen molar-refractivity contribution in [3.8, 4) is 5.75 Å². The lowest BCUT2D eigenvalue weighted by atomic mass is 9.72. The molecule has 0 aromatic heterocycles. The standard InChI is InChI=1S/C29H30N2O5/c1-3-29(4-2)26(34)31(27(29)36-23-17-15-20(16-18-23)19-24(32)33)28(35)30-25(21-11-7-5-8-12-21)22-13-9-6-10-14-22/h5-18,25,27H,3-4,19H2,1-2H3,(H,30,35)(H,32,33). The molecule has 1 atom stereocenters. The van der Waals surface area contributed by atoms with E-state index in [4.69, 9.17) is 9.84 Å². The van der Waals surface area contributed by atoms with E-state index in [0.717, 1.165) is 16.0 Å². The van der Waals surface area contributed by atoms with Gasteiger partial charge < -0.3 is 15.2 Å². The average molecular weight is 487 g/mol. The molecule has 0 aliphatic carbocycles. The van der Waals surface area contributed by atoms with Crippen LogP contribution in [0.2, 0.25) is 0 Å². The number of rotatable bonds is 9. The monoisotopic (exact) mass is 486 g/mol. The number of imide groups is 1. The van der Waals surface area contributed by atoms with Crippen LogP contribution in [0.4, 0.5) is 4.79 Å². The van der Waals surface area contributed by atoms with Gasteiger partial charge in [-0.05, 0) is 41.7 Å². The van der Waals surface area contributed by atoms with Crippen LogP contribution in [0.1, 0.15) is 49.4 Å². The van der Waals surface area contributed by atoms with E-state index in [1.54, 1.807) is 24.3 Å². The maximum atomic E-state index is 13.5. The van der Waals surface area contributed by atoms with Crippen LogP contribution >= 0.6 is 0 Å². The molecule has 1 unspecified atom stereocenters. The van der Waals surface area contributed by atoms with E-state index in [-0.39, 0.29) is 12.3 Å². The van der Waals surface area contributed by atoms with Gasteiger partial charge in [0.1, 0.15) is 11.2 Å². The number of hydrogen-bond donors (Lipinski definition) is 2. The Morgan fingerprint density at radius 3 is 1.92 bits per heavy atom. The largest absolute Gasteiger partial charge is 0.481 e. The molecule has 1 aliphatic heterocycles. The van der Waals surface area contributed by atoms with Crippen molar-refractivity contribution in [3.05, 3.63) is 102 Å². The number of ether oxygens (including phenoxy) is 1. The van der Waals surface area contributed by atoms with Crippen LogP contribution in [-0.2, 0) is 16.0 Å². The molecular weight excluding hydrogens is 456 g/mol. The summed E-state index contributed by atoms with van der Waals surface area (Å²) in [5.41, 5.74) is 1.62. The Hall–Kier alpha value is -4.13. The second kappa shape index (κ2) is 10.6. The highest BCUT2D eigenvalue weighted by Gasteiger charge is 2.63. The van der Waals surface area contributed by atoms with Gasteiger partial charge in [0.15, 0.2) is 6.23 Å². The van der Waals surface area contributed by atoms with Gasteiger partial charge in [0, 0.05) is 0 Å². The lowest BCUT2D eigenvalue weighted by Gasteiger charge is -2.53. The number of urea groups is 1. The van der Waals surface area contributed by atoms with Gasteiger partial charge in [-0.1, -0.05) is 86.6 Å². The molecule has 7 nitrogen and oxygen atoms in total. The normalized spacial score (nSPS) is 16.4. The minimum atomic E-state index is -0.918. The predicted octanol–water partition coefficient (Wildman–Crippen LogP) is 5.17. The zero-order chi connectivity index (χ0) is 25.7. The third-order valence-electron chi connectivity index (χ3n) is 6.89. The van der Waals surface area contributed by atoms with Gasteiger partial charge in [-0.2, -0.15) is 0 Å². The van der Waals surface area contributed by atoms with E-state index in [2.05, 4.69) is 5.32 Å². The molecule has 0 radical (unpaired) electrons. The number of nitrogens with zero attached hydrogens (tertiary/aromatic N) is 1. The van der Waals surface area contributed by atoms with E-state index in [9.17, 15) is 14.4 Å². The Kier molecular flexibility index (Phi) is 7.38. The smallest absolute Gasteiger partial charge is 0.327 e. The van der Waals surface area contributed by atoms with Crippen molar-refractivity contribution in [3.63, 3.8) is 0 Å². The predicted molar refractivity (Wildman–Crippen MR) is 135 cm³/mol. The molecule has 2 N–H and O–H groups in total. The Morgan fingerprint density at radius 2 is 1.44 bits per heavy atom. The molecule has 7 heteroatoms. The first-order chi connectivity index (χ1) is 17.4. The minimum Gasteiger partial charge on any atom is -0.481 e. The fourth-order valence-corrected chi connectivity index (χ4v) is 4.73. The fraction of sp³-hybridized carbons (Fsp3) is 0.276. The number of aliphatic carboxylic acids is 1. The van der Waals surface area contributed by atoms with Crippen LogP contribution in [0.5, 0.6) is 5.75 Å². The maximum Gasteiger partial charge on any atom is 0.327 e. The number of carboxylic acids is 1. The van der Waals surface area contributed by atoms with Crippen molar-refractivity contribution < 1.29 is 24.2 Å². The maximum absolute atomic E-state index is 13.5. The summed E-state index contributed by atoms with van der Waals surface area (Å²) in [5, 5.41) is 12.0. The second-order valence-electron chi connectivity index (χ2n) is 8.93. The number of carbonyl (C=O) groups excluding carboxylic acids is 2. The summed E-state index contributed by atoms with van der Waals surface area (Å²) >= 11 is 0. The lowest BCUT2D eigenvalue weighted by molar-refractivity contribution is -0.190. The summed E-state index contributed by atoms with van der Waals surface area (Å²) in [4.78, 5) is 39.0. The first kappa shape index (κ1) is 25.0. The SMILES string of the molecule is CCC1(CC)C(=O)N(C(=O)NC(c2ccccc2)c2ccccc2)C1Oc1ccc(CC(=O)O)cc1. The van der Waals surface area contributed by atoms with E-state index < -0.39 is 29.7 Å². The first-order valence-corrected chi connectivity index (χ1v) is 12.1. The Balaban J connectivity index is 1.60. The van der Waals surface area contributed by atoms with E-state index in [0.29, 0.717) is 24.2 Å². The highest BCUT2D eigenvalue weighted by Crippen LogP contribution is 2.46. The zero-order valence-electron chi connectivity index (χ0n) is 20.4. The minimum absolute atomic E-state index is 0.0923. The molecule has 36 heavy (non-hydrogen) atoms. The van der Waals surface area contributed by atoms with Gasteiger partial charge in [0.05, 0.1) is 12.5 Å². The summed E-state index contributed by atoms with van der Waals surface area (Å²) in [7, 11) is 0. The Bertz CT molecular complexity index is 1170. The van der Waals surface area contributed by atoms with Gasteiger partial charge in [-0.25, -0.2) is 9.69 Å². The second-order valence-corrected chi connectivity index (χ2v) is 8.93. The summed E-state index contributed by atoms with van der Waals surface area (Å²) in [6.07, 6.45) is 0.173. The van der Waals surface area contributed by atoms with E-state index >= 15 is 0 Å². The van der Waals surface area contributed by atoms with Crippen LogP contribution < -0.4 is 10.1 Å². The van der Waals surface area contributed by atoms with Gasteiger partial charge in [-0.3, -0.25) is 9.59 Å². The molecule has 1 saturated heterocycles. The zero-order valence-corrected chi connectivity index (χ0v) is 20.4. The number of benzene rings is 3. The van der Waals surface area contributed by atoms with Gasteiger partial charge >= 0.3 is 12.0 Å². The average Bonchev–Trinajstić information content (AvgIpc) is 2.89. The van der Waals surface area contributed by atoms with E-state index in [1.165, 1.54) is 0 Å².